The number of nitrogens with zero attached hydrogens (tertiary/aromatic N) is 2. The van der Waals surface area contributed by atoms with Crippen LogP contribution in [0.15, 0.2) is 55.2 Å². The summed E-state index contributed by atoms with van der Waals surface area (Å²) >= 11 is 12.6. The number of nitrogens with two attached hydrogens (primary N) is 1. The molecule has 3 rings (SSSR count). The van der Waals surface area contributed by atoms with E-state index >= 15 is 0 Å². The van der Waals surface area contributed by atoms with Crippen LogP contribution in [0.3, 0.4) is 0 Å². The fraction of sp³-hybridized carbons (Fsp3) is 0.200. The molecule has 1 aromatic heterocycles. The van der Waals surface area contributed by atoms with Crippen molar-refractivity contribution in [1.82, 2.24) is 4.98 Å². The number of hydrogen-bond donors (Lipinski definition) is 1. The number of methoxy groups -OCH3 is 1. The number of aromatic nitrogens is 1. The summed E-state index contributed by atoms with van der Waals surface area (Å²) in [4.78, 5) is 17.8. The maximum Gasteiger partial charge on any atom is 0.248 e. The van der Waals surface area contributed by atoms with Crippen molar-refractivity contribution in [3.63, 3.8) is 0 Å². The number of anilines is 1. The predicted molar refractivity (Wildman–Crippen MR) is 134 cm³/mol. The van der Waals surface area contributed by atoms with Gasteiger partial charge < -0.3 is 20.1 Å². The molecule has 0 radical (unpaired) electrons. The average molecular weight is 504 g/mol. The molecule has 0 unspecified atom stereocenters. The molecule has 1 heterocycles. The van der Waals surface area contributed by atoms with Gasteiger partial charge in [0.15, 0.2) is 11.6 Å². The zero-order chi connectivity index (χ0) is 24.8. The Kier molecular flexibility index (Phi) is 8.50. The van der Waals surface area contributed by atoms with E-state index in [-0.39, 0.29) is 10.6 Å². The van der Waals surface area contributed by atoms with Crippen LogP contribution in [0, 0.1) is 5.82 Å². The van der Waals surface area contributed by atoms with Gasteiger partial charge >= 0.3 is 0 Å². The van der Waals surface area contributed by atoms with Crippen molar-refractivity contribution < 1.29 is 18.7 Å². The largest absolute Gasteiger partial charge is 0.490 e. The third kappa shape index (κ3) is 5.67. The molecular formula is C25H24Cl2FN3O3. The Morgan fingerprint density at radius 1 is 1.18 bits per heavy atom. The number of rotatable bonds is 10. The lowest BCUT2D eigenvalue weighted by atomic mass is 10.0. The number of pyridine rings is 1. The van der Waals surface area contributed by atoms with Crippen LogP contribution < -0.4 is 15.4 Å². The standard InChI is InChI=1S/C25H24Cl2FN3O3/c1-15(23-20(27)6-4-7-21(23)28)31(2)25-22(34-11-5-10-33-3)13-17(14-30-25)18-12-16(24(29)32)8-9-19(18)26/h4,6-9,12-14H,1,5,10-11H2,2-3H3,(H2,29,32). The van der Waals surface area contributed by atoms with E-state index in [1.807, 2.05) is 0 Å². The van der Waals surface area contributed by atoms with Crippen molar-refractivity contribution in [2.45, 2.75) is 6.42 Å². The summed E-state index contributed by atoms with van der Waals surface area (Å²) in [7, 11) is 3.30. The molecule has 2 aromatic carbocycles. The molecular weight excluding hydrogens is 480 g/mol. The summed E-state index contributed by atoms with van der Waals surface area (Å²) in [6.45, 7) is 4.88. The summed E-state index contributed by atoms with van der Waals surface area (Å²) in [6, 6.07) is 10.9. The minimum Gasteiger partial charge on any atom is -0.490 e. The topological polar surface area (TPSA) is 77.7 Å². The second-order valence-electron chi connectivity index (χ2n) is 7.40. The fourth-order valence-corrected chi connectivity index (χ4v) is 3.80. The lowest BCUT2D eigenvalue weighted by molar-refractivity contribution is 0.100. The van der Waals surface area contributed by atoms with Gasteiger partial charge in [-0.15, -0.1) is 0 Å². The van der Waals surface area contributed by atoms with Gasteiger partial charge in [0.25, 0.3) is 0 Å². The zero-order valence-corrected chi connectivity index (χ0v) is 20.3. The number of carbonyl (C=O) groups is 1. The third-order valence-corrected chi connectivity index (χ3v) is 5.76. The molecule has 0 saturated carbocycles. The van der Waals surface area contributed by atoms with Crippen LogP contribution in [0.25, 0.3) is 16.8 Å². The van der Waals surface area contributed by atoms with Crippen LogP contribution in [0.1, 0.15) is 22.3 Å². The van der Waals surface area contributed by atoms with Gasteiger partial charge in [-0.2, -0.15) is 0 Å². The van der Waals surface area contributed by atoms with Gasteiger partial charge in [-0.1, -0.05) is 35.8 Å². The van der Waals surface area contributed by atoms with E-state index in [1.54, 1.807) is 55.6 Å². The van der Waals surface area contributed by atoms with Crippen LogP contribution in [0.5, 0.6) is 5.75 Å². The Morgan fingerprint density at radius 2 is 1.94 bits per heavy atom. The van der Waals surface area contributed by atoms with Crippen molar-refractivity contribution in [1.29, 1.82) is 0 Å². The first-order valence-corrected chi connectivity index (χ1v) is 11.1. The van der Waals surface area contributed by atoms with Crippen molar-refractivity contribution in [3.05, 3.63) is 82.2 Å². The highest BCUT2D eigenvalue weighted by Crippen LogP contribution is 2.38. The molecule has 0 aliphatic rings. The number of halogens is 3. The summed E-state index contributed by atoms with van der Waals surface area (Å²) < 4.78 is 25.6. The third-order valence-electron chi connectivity index (χ3n) is 5.12. The quantitative estimate of drug-likeness (QED) is 0.353. The summed E-state index contributed by atoms with van der Waals surface area (Å²) in [5.74, 6) is -0.271. The van der Waals surface area contributed by atoms with Crippen LogP contribution in [-0.2, 0) is 4.74 Å². The Labute approximate surface area is 207 Å². The van der Waals surface area contributed by atoms with Crippen LogP contribution >= 0.6 is 23.2 Å². The molecule has 1 amide bonds. The number of amides is 1. The predicted octanol–water partition coefficient (Wildman–Crippen LogP) is 5.82. The summed E-state index contributed by atoms with van der Waals surface area (Å²) in [5.41, 5.74) is 7.38. The first-order valence-electron chi connectivity index (χ1n) is 10.3. The van der Waals surface area contributed by atoms with Crippen LogP contribution in [0.2, 0.25) is 10.0 Å². The second-order valence-corrected chi connectivity index (χ2v) is 8.22. The summed E-state index contributed by atoms with van der Waals surface area (Å²) in [6.07, 6.45) is 2.22. The monoisotopic (exact) mass is 503 g/mol. The maximum absolute atomic E-state index is 14.5. The van der Waals surface area contributed by atoms with Gasteiger partial charge in [-0.3, -0.25) is 4.79 Å². The highest BCUT2D eigenvalue weighted by Gasteiger charge is 2.20. The Bertz CT molecular complexity index is 1200. The van der Waals surface area contributed by atoms with Crippen LogP contribution in [0.4, 0.5) is 10.2 Å². The molecule has 3 aromatic rings. The van der Waals surface area contributed by atoms with Crippen molar-refractivity contribution >= 4 is 40.6 Å². The highest BCUT2D eigenvalue weighted by atomic mass is 35.5. The Balaban J connectivity index is 2.04. The van der Waals surface area contributed by atoms with Gasteiger partial charge in [0.1, 0.15) is 5.82 Å². The van der Waals surface area contributed by atoms with Crippen molar-refractivity contribution in [2.24, 2.45) is 5.73 Å². The molecule has 6 nitrogen and oxygen atoms in total. The molecule has 0 atom stereocenters. The van der Waals surface area contributed by atoms with E-state index in [2.05, 4.69) is 11.6 Å². The molecule has 9 heteroatoms. The molecule has 0 fully saturated rings. The highest BCUT2D eigenvalue weighted by molar-refractivity contribution is 6.33. The maximum atomic E-state index is 14.5. The van der Waals surface area contributed by atoms with Gasteiger partial charge in [-0.25, -0.2) is 9.37 Å². The minimum atomic E-state index is -0.573. The van der Waals surface area contributed by atoms with E-state index in [1.165, 1.54) is 12.1 Å². The van der Waals surface area contributed by atoms with Gasteiger partial charge in [0, 0.05) is 60.8 Å². The smallest absolute Gasteiger partial charge is 0.248 e. The van der Waals surface area contributed by atoms with Crippen molar-refractivity contribution in [2.75, 3.05) is 32.3 Å². The molecule has 0 aliphatic heterocycles. The molecule has 0 spiro atoms. The molecule has 178 valence electrons. The number of carbonyl (C=O) groups excluding carboxylic acids is 1. The number of ether oxygens (including phenoxy) is 2. The van der Waals surface area contributed by atoms with Gasteiger partial charge in [0.2, 0.25) is 5.91 Å². The Hall–Kier alpha value is -3.13. The number of hydrogen-bond acceptors (Lipinski definition) is 5. The van der Waals surface area contributed by atoms with E-state index in [0.717, 1.165) is 0 Å². The van der Waals surface area contributed by atoms with E-state index in [4.69, 9.17) is 38.4 Å². The average Bonchev–Trinajstić information content (AvgIpc) is 2.81. The lowest BCUT2D eigenvalue weighted by Gasteiger charge is -2.25. The second kappa shape index (κ2) is 11.3. The number of benzene rings is 2. The SMILES string of the molecule is C=C(c1c(F)cccc1Cl)N(C)c1ncc(-c2cc(C(N)=O)ccc2Cl)cc1OCCCOC. The first kappa shape index (κ1) is 25.5. The Morgan fingerprint density at radius 3 is 2.62 bits per heavy atom. The normalized spacial score (nSPS) is 10.7. The fourth-order valence-electron chi connectivity index (χ4n) is 3.30. The molecule has 0 saturated heterocycles. The first-order chi connectivity index (χ1) is 16.2. The van der Waals surface area contributed by atoms with Crippen molar-refractivity contribution in [3.8, 4) is 16.9 Å². The van der Waals surface area contributed by atoms with Gasteiger partial charge in [0.05, 0.1) is 17.2 Å². The molecule has 0 aliphatic carbocycles. The number of primary amides is 1. The van der Waals surface area contributed by atoms with E-state index in [9.17, 15) is 9.18 Å². The van der Waals surface area contributed by atoms with Crippen LogP contribution in [-0.4, -0.2) is 38.3 Å². The molecule has 34 heavy (non-hydrogen) atoms. The minimum absolute atomic E-state index is 0.167. The lowest BCUT2D eigenvalue weighted by Crippen LogP contribution is -2.18. The van der Waals surface area contributed by atoms with E-state index in [0.29, 0.717) is 58.6 Å². The summed E-state index contributed by atoms with van der Waals surface area (Å²) in [5, 5.41) is 0.645. The van der Waals surface area contributed by atoms with E-state index < -0.39 is 11.7 Å². The van der Waals surface area contributed by atoms with Gasteiger partial charge in [-0.05, 0) is 36.4 Å². The molecule has 2 N–H and O–H groups in total. The zero-order valence-electron chi connectivity index (χ0n) is 18.8. The molecule has 0 bridgehead atoms.